The van der Waals surface area contributed by atoms with Crippen LogP contribution in [0.4, 0.5) is 4.39 Å². The lowest BCUT2D eigenvalue weighted by Gasteiger charge is -2.09. The molecule has 21 heavy (non-hydrogen) atoms. The summed E-state index contributed by atoms with van der Waals surface area (Å²) in [7, 11) is 0. The largest absolute Gasteiger partial charge is 0.422 e. The van der Waals surface area contributed by atoms with E-state index >= 15 is 0 Å². The summed E-state index contributed by atoms with van der Waals surface area (Å²) < 4.78 is 19.2. The number of hydrogen-bond acceptors (Lipinski definition) is 3. The first-order valence-electron chi connectivity index (χ1n) is 6.13. The monoisotopic (exact) mass is 305 g/mol. The third-order valence-corrected chi connectivity index (χ3v) is 3.52. The van der Waals surface area contributed by atoms with E-state index in [2.05, 4.69) is 4.42 Å². The molecule has 4 nitrogen and oxygen atoms in total. The SMILES string of the molecule is O=c1oc(=O)n(Cc2cc(F)ccc2Cl)c2ccccc12. The minimum atomic E-state index is -0.806. The van der Waals surface area contributed by atoms with Gasteiger partial charge in [0.2, 0.25) is 0 Å². The molecule has 0 atom stereocenters. The molecule has 0 radical (unpaired) electrons. The molecule has 3 rings (SSSR count). The van der Waals surface area contributed by atoms with Crippen molar-refractivity contribution in [2.45, 2.75) is 6.54 Å². The second kappa shape index (κ2) is 5.18. The van der Waals surface area contributed by atoms with Crippen molar-refractivity contribution in [2.75, 3.05) is 0 Å². The van der Waals surface area contributed by atoms with E-state index in [0.717, 1.165) is 0 Å². The van der Waals surface area contributed by atoms with Gasteiger partial charge in [-0.05, 0) is 35.9 Å². The highest BCUT2D eigenvalue weighted by atomic mass is 35.5. The topological polar surface area (TPSA) is 52.2 Å². The summed E-state index contributed by atoms with van der Waals surface area (Å²) in [4.78, 5) is 23.6. The van der Waals surface area contributed by atoms with Gasteiger partial charge in [-0.25, -0.2) is 14.0 Å². The molecule has 3 aromatic rings. The van der Waals surface area contributed by atoms with Crippen LogP contribution in [0.3, 0.4) is 0 Å². The third kappa shape index (κ3) is 2.48. The van der Waals surface area contributed by atoms with Crippen LogP contribution in [0.2, 0.25) is 5.02 Å². The van der Waals surface area contributed by atoms with Gasteiger partial charge in [-0.15, -0.1) is 0 Å². The standard InChI is InChI=1S/C15H9ClFNO3/c16-12-6-5-10(17)7-9(12)8-18-13-4-2-1-3-11(13)14(19)21-15(18)20/h1-7H,8H2. The van der Waals surface area contributed by atoms with Gasteiger partial charge in [0.05, 0.1) is 17.4 Å². The maximum Gasteiger partial charge on any atom is 0.422 e. The Morgan fingerprint density at radius 3 is 2.71 bits per heavy atom. The predicted octanol–water partition coefficient (Wildman–Crippen LogP) is 2.80. The molecule has 0 spiro atoms. The van der Waals surface area contributed by atoms with E-state index in [1.807, 2.05) is 0 Å². The number of halogens is 2. The van der Waals surface area contributed by atoms with Crippen LogP contribution in [-0.2, 0) is 6.54 Å². The van der Waals surface area contributed by atoms with Crippen molar-refractivity contribution in [3.63, 3.8) is 0 Å². The van der Waals surface area contributed by atoms with E-state index in [1.165, 1.54) is 22.8 Å². The smallest absolute Gasteiger partial charge is 0.372 e. The lowest BCUT2D eigenvalue weighted by atomic mass is 10.2. The molecule has 0 aliphatic heterocycles. The molecular weight excluding hydrogens is 297 g/mol. The van der Waals surface area contributed by atoms with Crippen molar-refractivity contribution >= 4 is 22.5 Å². The van der Waals surface area contributed by atoms with Crippen LogP contribution in [0.25, 0.3) is 10.9 Å². The Kier molecular flexibility index (Phi) is 3.35. The molecule has 0 aliphatic carbocycles. The molecule has 2 aromatic carbocycles. The molecule has 0 N–H and O–H groups in total. The molecule has 0 unspecified atom stereocenters. The molecule has 1 aromatic heterocycles. The minimum Gasteiger partial charge on any atom is -0.372 e. The first-order chi connectivity index (χ1) is 10.1. The van der Waals surface area contributed by atoms with Crippen molar-refractivity contribution in [1.82, 2.24) is 4.57 Å². The first kappa shape index (κ1) is 13.6. The number of aromatic nitrogens is 1. The van der Waals surface area contributed by atoms with E-state index in [9.17, 15) is 14.0 Å². The average molecular weight is 306 g/mol. The minimum absolute atomic E-state index is 0.0136. The lowest BCUT2D eigenvalue weighted by molar-refractivity contribution is 0.424. The zero-order valence-corrected chi connectivity index (χ0v) is 11.4. The Morgan fingerprint density at radius 1 is 1.14 bits per heavy atom. The Labute approximate surface area is 123 Å². The molecule has 0 amide bonds. The molecule has 0 bridgehead atoms. The fourth-order valence-electron chi connectivity index (χ4n) is 2.15. The number of benzene rings is 2. The Morgan fingerprint density at radius 2 is 1.90 bits per heavy atom. The lowest BCUT2D eigenvalue weighted by Crippen LogP contribution is -2.25. The fourth-order valence-corrected chi connectivity index (χ4v) is 2.33. The van der Waals surface area contributed by atoms with Crippen molar-refractivity contribution in [3.05, 3.63) is 79.8 Å². The number of fused-ring (bicyclic) bond motifs is 1. The third-order valence-electron chi connectivity index (χ3n) is 3.15. The maximum atomic E-state index is 13.3. The zero-order chi connectivity index (χ0) is 15.0. The highest BCUT2D eigenvalue weighted by molar-refractivity contribution is 6.31. The molecule has 0 saturated heterocycles. The van der Waals surface area contributed by atoms with Gasteiger partial charge < -0.3 is 4.42 Å². The van der Waals surface area contributed by atoms with E-state index < -0.39 is 17.2 Å². The number of hydrogen-bond donors (Lipinski definition) is 0. The second-order valence-electron chi connectivity index (χ2n) is 4.49. The maximum absolute atomic E-state index is 13.3. The summed E-state index contributed by atoms with van der Waals surface area (Å²) in [5.41, 5.74) is 0.147. The van der Waals surface area contributed by atoms with Crippen molar-refractivity contribution in [1.29, 1.82) is 0 Å². The Bertz CT molecular complexity index is 946. The molecule has 106 valence electrons. The quantitative estimate of drug-likeness (QED) is 0.731. The molecule has 0 fully saturated rings. The van der Waals surface area contributed by atoms with Crippen LogP contribution < -0.4 is 11.4 Å². The summed E-state index contributed by atoms with van der Waals surface area (Å²) in [6, 6.07) is 10.4. The summed E-state index contributed by atoms with van der Waals surface area (Å²) in [6.07, 6.45) is 0. The molecule has 0 aliphatic rings. The second-order valence-corrected chi connectivity index (χ2v) is 4.90. The van der Waals surface area contributed by atoms with Crippen molar-refractivity contribution in [3.8, 4) is 0 Å². The van der Waals surface area contributed by atoms with Crippen LogP contribution in [0.15, 0.2) is 56.5 Å². The normalized spacial score (nSPS) is 11.0. The molecular formula is C15H9ClFNO3. The van der Waals surface area contributed by atoms with Gasteiger partial charge in [-0.3, -0.25) is 4.57 Å². The Balaban J connectivity index is 2.24. The van der Waals surface area contributed by atoms with Gasteiger partial charge in [0, 0.05) is 5.02 Å². The van der Waals surface area contributed by atoms with E-state index in [-0.39, 0.29) is 11.9 Å². The average Bonchev–Trinajstić information content (AvgIpc) is 2.47. The summed E-state index contributed by atoms with van der Waals surface area (Å²) in [5.74, 6) is -1.26. The van der Waals surface area contributed by atoms with Crippen LogP contribution in [-0.4, -0.2) is 4.57 Å². The van der Waals surface area contributed by atoms with Crippen molar-refractivity contribution < 1.29 is 8.81 Å². The number of nitrogens with zero attached hydrogens (tertiary/aromatic N) is 1. The zero-order valence-electron chi connectivity index (χ0n) is 10.7. The van der Waals surface area contributed by atoms with Crippen LogP contribution in [0, 0.1) is 5.82 Å². The molecule has 0 saturated carbocycles. The van der Waals surface area contributed by atoms with Gasteiger partial charge in [-0.2, -0.15) is 0 Å². The van der Waals surface area contributed by atoms with Crippen LogP contribution in [0.1, 0.15) is 5.56 Å². The van der Waals surface area contributed by atoms with Gasteiger partial charge in [0.25, 0.3) is 0 Å². The predicted molar refractivity (Wildman–Crippen MR) is 77.3 cm³/mol. The van der Waals surface area contributed by atoms with E-state index in [1.54, 1.807) is 24.3 Å². The van der Waals surface area contributed by atoms with E-state index in [4.69, 9.17) is 11.6 Å². The van der Waals surface area contributed by atoms with Crippen molar-refractivity contribution in [2.24, 2.45) is 0 Å². The number of rotatable bonds is 2. The van der Waals surface area contributed by atoms with Crippen LogP contribution >= 0.6 is 11.6 Å². The summed E-state index contributed by atoms with van der Waals surface area (Å²) in [6.45, 7) is 0.0136. The number of para-hydroxylation sites is 1. The highest BCUT2D eigenvalue weighted by Gasteiger charge is 2.11. The van der Waals surface area contributed by atoms with Gasteiger partial charge in [0.1, 0.15) is 5.82 Å². The summed E-state index contributed by atoms with van der Waals surface area (Å²) >= 11 is 6.01. The highest BCUT2D eigenvalue weighted by Crippen LogP contribution is 2.19. The molecule has 6 heteroatoms. The Hall–Kier alpha value is -2.40. The fraction of sp³-hybridized carbons (Fsp3) is 0.0667. The van der Waals surface area contributed by atoms with Gasteiger partial charge in [0.15, 0.2) is 0 Å². The van der Waals surface area contributed by atoms with Gasteiger partial charge >= 0.3 is 11.4 Å². The van der Waals surface area contributed by atoms with E-state index in [0.29, 0.717) is 16.1 Å². The van der Waals surface area contributed by atoms with Gasteiger partial charge in [-0.1, -0.05) is 23.7 Å². The summed E-state index contributed by atoms with van der Waals surface area (Å²) in [5, 5.41) is 0.614. The first-order valence-corrected chi connectivity index (χ1v) is 6.50. The molecule has 1 heterocycles. The van der Waals surface area contributed by atoms with Crippen LogP contribution in [0.5, 0.6) is 0 Å².